The van der Waals surface area contributed by atoms with Crippen LogP contribution in [0.1, 0.15) is 30.1 Å². The molecule has 0 fully saturated rings. The van der Waals surface area contributed by atoms with Crippen molar-refractivity contribution in [2.45, 2.75) is 26.3 Å². The number of carbonyl (C=O) groups excluding carboxylic acids is 1. The summed E-state index contributed by atoms with van der Waals surface area (Å²) in [4.78, 5) is 45.1. The molecule has 0 saturated carbocycles. The number of halogens is 1. The summed E-state index contributed by atoms with van der Waals surface area (Å²) in [5, 5.41) is 0. The number of hydrogen-bond acceptors (Lipinski definition) is 6. The first-order valence-electron chi connectivity index (χ1n) is 8.44. The summed E-state index contributed by atoms with van der Waals surface area (Å²) in [6.45, 7) is 2.58. The van der Waals surface area contributed by atoms with E-state index >= 15 is 0 Å². The number of nitrogens with zero attached hydrogens (tertiary/aromatic N) is 3. The summed E-state index contributed by atoms with van der Waals surface area (Å²) in [7, 11) is 1.49. The van der Waals surface area contributed by atoms with Crippen molar-refractivity contribution in [2.24, 2.45) is 0 Å². The van der Waals surface area contributed by atoms with Gasteiger partial charge in [-0.1, -0.05) is 13.3 Å². The molecule has 146 valence electrons. The van der Waals surface area contributed by atoms with Crippen LogP contribution in [0.15, 0.2) is 32.5 Å². The van der Waals surface area contributed by atoms with Crippen LogP contribution in [0.5, 0.6) is 0 Å². The molecule has 0 aliphatic carbocycles. The zero-order chi connectivity index (χ0) is 20.0. The van der Waals surface area contributed by atoms with E-state index in [1.54, 1.807) is 12.3 Å². The van der Waals surface area contributed by atoms with Gasteiger partial charge < -0.3 is 10.5 Å². The first kappa shape index (κ1) is 20.8. The number of pyridine rings is 1. The van der Waals surface area contributed by atoms with Gasteiger partial charge in [0.05, 0.1) is 12.2 Å². The van der Waals surface area contributed by atoms with Crippen molar-refractivity contribution in [3.8, 4) is 0 Å². The van der Waals surface area contributed by atoms with Crippen LogP contribution < -0.4 is 21.9 Å². The highest BCUT2D eigenvalue weighted by Gasteiger charge is 2.25. The molecule has 0 aliphatic rings. The minimum Gasteiger partial charge on any atom is -0.383 e. The van der Waals surface area contributed by atoms with Gasteiger partial charge in [0.25, 0.3) is 11.5 Å². The molecule has 2 rings (SSSR count). The molecule has 2 aromatic heterocycles. The van der Waals surface area contributed by atoms with Gasteiger partial charge in [0.2, 0.25) is 0 Å². The number of nitrogen functional groups attached to an aromatic ring is 1. The zero-order valence-electron chi connectivity index (χ0n) is 15.2. The topological polar surface area (TPSA) is 123 Å². The molecule has 9 nitrogen and oxygen atoms in total. The van der Waals surface area contributed by atoms with Crippen molar-refractivity contribution < 1.29 is 9.53 Å². The first-order chi connectivity index (χ1) is 12.9. The van der Waals surface area contributed by atoms with Crippen LogP contribution in [0.25, 0.3) is 0 Å². The summed E-state index contributed by atoms with van der Waals surface area (Å²) in [5.41, 5.74) is 5.00. The lowest BCUT2D eigenvalue weighted by Crippen LogP contribution is -2.42. The zero-order valence-corrected chi connectivity index (χ0v) is 16.8. The molecule has 1 amide bonds. The van der Waals surface area contributed by atoms with Gasteiger partial charge in [-0.05, 0) is 28.4 Å². The largest absolute Gasteiger partial charge is 0.383 e. The first-order valence-corrected chi connectivity index (χ1v) is 9.24. The van der Waals surface area contributed by atoms with E-state index in [0.29, 0.717) is 17.4 Å². The quantitative estimate of drug-likeness (QED) is 0.639. The Hall–Kier alpha value is -2.46. The highest BCUT2D eigenvalue weighted by molar-refractivity contribution is 9.10. The number of amides is 1. The fourth-order valence-corrected chi connectivity index (χ4v) is 2.92. The summed E-state index contributed by atoms with van der Waals surface area (Å²) in [6.07, 6.45) is 4.49. The smallest absolute Gasteiger partial charge is 0.330 e. The molecule has 10 heteroatoms. The van der Waals surface area contributed by atoms with Crippen LogP contribution in [-0.4, -0.2) is 40.7 Å². The molecule has 0 bridgehead atoms. The summed E-state index contributed by atoms with van der Waals surface area (Å²) >= 11 is 3.27. The second kappa shape index (κ2) is 9.47. The second-order valence-corrected chi connectivity index (χ2v) is 6.76. The predicted molar refractivity (Wildman–Crippen MR) is 106 cm³/mol. The lowest BCUT2D eigenvalue weighted by molar-refractivity contribution is 0.0975. The number of hydrogen-bond donors (Lipinski definition) is 2. The number of aromatic amines is 1. The monoisotopic (exact) mass is 439 g/mol. The van der Waals surface area contributed by atoms with Crippen molar-refractivity contribution in [1.29, 1.82) is 0 Å². The lowest BCUT2D eigenvalue weighted by atomic mass is 10.2. The molecule has 0 saturated heterocycles. The molecule has 0 aliphatic heterocycles. The molecule has 0 aromatic carbocycles. The number of rotatable bonds is 8. The Balaban J connectivity index is 2.58. The number of carbonyl (C=O) groups is 1. The second-order valence-electron chi connectivity index (χ2n) is 5.84. The predicted octanol–water partition coefficient (Wildman–Crippen LogP) is 1.37. The van der Waals surface area contributed by atoms with E-state index in [1.165, 1.54) is 22.8 Å². The molecule has 0 radical (unpaired) electrons. The van der Waals surface area contributed by atoms with E-state index in [0.717, 1.165) is 6.42 Å². The van der Waals surface area contributed by atoms with Crippen molar-refractivity contribution in [3.63, 3.8) is 0 Å². The third-order valence-electron chi connectivity index (χ3n) is 3.94. The van der Waals surface area contributed by atoms with E-state index in [-0.39, 0.29) is 30.2 Å². The van der Waals surface area contributed by atoms with Crippen LogP contribution in [0.4, 0.5) is 11.5 Å². The Labute approximate surface area is 164 Å². The lowest BCUT2D eigenvalue weighted by Gasteiger charge is -2.24. The maximum Gasteiger partial charge on any atom is 0.330 e. The normalized spacial score (nSPS) is 10.8. The molecule has 2 heterocycles. The third-order valence-corrected chi connectivity index (χ3v) is 4.37. The Morgan fingerprint density at radius 2 is 2.15 bits per heavy atom. The maximum absolute atomic E-state index is 13.0. The standard InChI is InChI=1S/C17H22BrN5O4/c1-3-4-5-23-14(19)13(15(24)21-17(23)26)22(6-7-27-2)16(25)11-8-12(18)10-20-9-11/h8-10H,3-7,19H2,1-2H3,(H,21,24,26). The Kier molecular flexibility index (Phi) is 7.31. The Bertz CT molecular complexity index is 924. The molecule has 3 N–H and O–H groups in total. The average Bonchev–Trinajstić information content (AvgIpc) is 2.63. The third kappa shape index (κ3) is 4.83. The van der Waals surface area contributed by atoms with Gasteiger partial charge in [0, 0.05) is 37.1 Å². The van der Waals surface area contributed by atoms with E-state index in [1.807, 2.05) is 6.92 Å². The molecule has 27 heavy (non-hydrogen) atoms. The Morgan fingerprint density at radius 3 is 2.78 bits per heavy atom. The number of H-pyrrole nitrogens is 1. The van der Waals surface area contributed by atoms with Crippen molar-refractivity contribution >= 4 is 33.3 Å². The Morgan fingerprint density at radius 1 is 1.41 bits per heavy atom. The van der Waals surface area contributed by atoms with Gasteiger partial charge in [0.1, 0.15) is 5.82 Å². The SMILES string of the molecule is CCCCn1c(N)c(N(CCOC)C(=O)c2cncc(Br)c2)c(=O)[nH]c1=O. The van der Waals surface area contributed by atoms with Crippen LogP contribution >= 0.6 is 15.9 Å². The van der Waals surface area contributed by atoms with Gasteiger partial charge in [-0.2, -0.15) is 0 Å². The summed E-state index contributed by atoms with van der Waals surface area (Å²) < 4.78 is 6.95. The number of nitrogens with two attached hydrogens (primary N) is 1. The van der Waals surface area contributed by atoms with Gasteiger partial charge in [-0.15, -0.1) is 0 Å². The van der Waals surface area contributed by atoms with Gasteiger partial charge in [-0.3, -0.25) is 29.0 Å². The molecular formula is C17H22BrN5O4. The molecule has 0 atom stereocenters. The van der Waals surface area contributed by atoms with E-state index in [4.69, 9.17) is 10.5 Å². The number of methoxy groups -OCH3 is 1. The van der Waals surface area contributed by atoms with Gasteiger partial charge in [-0.25, -0.2) is 4.79 Å². The minimum atomic E-state index is -0.724. The molecule has 0 spiro atoms. The molecule has 0 unspecified atom stereocenters. The highest BCUT2D eigenvalue weighted by atomic mass is 79.9. The van der Waals surface area contributed by atoms with Crippen molar-refractivity contribution in [3.05, 3.63) is 49.3 Å². The summed E-state index contributed by atoms with van der Waals surface area (Å²) in [6, 6.07) is 1.59. The van der Waals surface area contributed by atoms with Crippen LogP contribution in [0.3, 0.4) is 0 Å². The van der Waals surface area contributed by atoms with E-state index < -0.39 is 17.2 Å². The van der Waals surface area contributed by atoms with Crippen LogP contribution in [0, 0.1) is 0 Å². The van der Waals surface area contributed by atoms with Gasteiger partial charge in [0.15, 0.2) is 5.69 Å². The summed E-state index contributed by atoms with van der Waals surface area (Å²) in [5.74, 6) is -0.525. The van der Waals surface area contributed by atoms with Crippen LogP contribution in [-0.2, 0) is 11.3 Å². The average molecular weight is 440 g/mol. The number of unbranched alkanes of at least 4 members (excludes halogenated alkanes) is 1. The van der Waals surface area contributed by atoms with Crippen molar-refractivity contribution in [2.75, 3.05) is 30.9 Å². The fraction of sp³-hybridized carbons (Fsp3) is 0.412. The van der Waals surface area contributed by atoms with Crippen molar-refractivity contribution in [1.82, 2.24) is 14.5 Å². The van der Waals surface area contributed by atoms with E-state index in [9.17, 15) is 14.4 Å². The minimum absolute atomic E-state index is 0.0513. The molecular weight excluding hydrogens is 418 g/mol. The number of ether oxygens (including phenoxy) is 1. The number of nitrogens with one attached hydrogen (secondary N) is 1. The maximum atomic E-state index is 13.0. The number of aromatic nitrogens is 3. The number of anilines is 2. The fourth-order valence-electron chi connectivity index (χ4n) is 2.56. The van der Waals surface area contributed by atoms with Crippen LogP contribution in [0.2, 0.25) is 0 Å². The highest BCUT2D eigenvalue weighted by Crippen LogP contribution is 2.20. The van der Waals surface area contributed by atoms with E-state index in [2.05, 4.69) is 25.9 Å². The van der Waals surface area contributed by atoms with Gasteiger partial charge >= 0.3 is 5.69 Å². The molecule has 2 aromatic rings.